The molecule has 8 nitrogen and oxygen atoms in total. The van der Waals surface area contributed by atoms with Crippen LogP contribution in [0.1, 0.15) is 79.2 Å². The van der Waals surface area contributed by atoms with E-state index in [-0.39, 0.29) is 66.5 Å². The Kier molecular flexibility index (Phi) is 7.00. The molecule has 8 heteroatoms. The maximum atomic E-state index is 13.0. The van der Waals surface area contributed by atoms with E-state index < -0.39 is 5.97 Å². The minimum Gasteiger partial charge on any atom is -0.511 e. The summed E-state index contributed by atoms with van der Waals surface area (Å²) in [5, 5.41) is 23.9. The SMILES string of the molecule is CC1(C)CC(=O)/C(=C(\O)CCc2noc3c2C(=O)CC(c2ccccc2)C3)C(=NCCC(=O)O)C1. The summed E-state index contributed by atoms with van der Waals surface area (Å²) in [6, 6.07) is 9.84. The van der Waals surface area contributed by atoms with Crippen LogP contribution in [0.25, 0.3) is 0 Å². The summed E-state index contributed by atoms with van der Waals surface area (Å²) in [6.07, 6.45) is 1.89. The molecule has 1 saturated carbocycles. The van der Waals surface area contributed by atoms with Gasteiger partial charge in [0.05, 0.1) is 23.3 Å². The Morgan fingerprint density at radius 2 is 1.83 bits per heavy atom. The van der Waals surface area contributed by atoms with Crippen LogP contribution >= 0.6 is 0 Å². The molecule has 1 heterocycles. The number of carboxylic acid groups (broad SMARTS) is 1. The number of nitrogens with zero attached hydrogens (tertiary/aromatic N) is 2. The van der Waals surface area contributed by atoms with Crippen molar-refractivity contribution in [3.63, 3.8) is 0 Å². The number of aliphatic hydroxyl groups is 1. The second kappa shape index (κ2) is 9.98. The van der Waals surface area contributed by atoms with Gasteiger partial charge in [-0.3, -0.25) is 19.4 Å². The van der Waals surface area contributed by atoms with Crippen molar-refractivity contribution in [1.82, 2.24) is 5.16 Å². The highest BCUT2D eigenvalue weighted by molar-refractivity contribution is 6.24. The molecule has 35 heavy (non-hydrogen) atoms. The zero-order valence-corrected chi connectivity index (χ0v) is 20.0. The number of aliphatic hydroxyl groups excluding tert-OH is 1. The van der Waals surface area contributed by atoms with Crippen molar-refractivity contribution in [3.8, 4) is 0 Å². The zero-order chi connectivity index (χ0) is 25.2. The minimum atomic E-state index is -0.972. The number of aromatic nitrogens is 1. The number of carbonyl (C=O) groups excluding carboxylic acids is 2. The van der Waals surface area contributed by atoms with Crippen LogP contribution in [0.2, 0.25) is 0 Å². The average Bonchev–Trinajstić information content (AvgIpc) is 3.20. The van der Waals surface area contributed by atoms with Crippen molar-refractivity contribution in [3.05, 3.63) is 64.2 Å². The Labute approximate surface area is 203 Å². The van der Waals surface area contributed by atoms with Crippen LogP contribution in [0.4, 0.5) is 0 Å². The van der Waals surface area contributed by atoms with Gasteiger partial charge in [0.25, 0.3) is 0 Å². The van der Waals surface area contributed by atoms with Gasteiger partial charge in [-0.1, -0.05) is 49.3 Å². The van der Waals surface area contributed by atoms with Crippen LogP contribution in [-0.2, 0) is 22.4 Å². The quantitative estimate of drug-likeness (QED) is 0.438. The lowest BCUT2D eigenvalue weighted by molar-refractivity contribution is -0.136. The second-order valence-electron chi connectivity index (χ2n) is 10.1. The molecule has 184 valence electrons. The monoisotopic (exact) mass is 478 g/mol. The summed E-state index contributed by atoms with van der Waals surface area (Å²) in [6.45, 7) is 3.93. The van der Waals surface area contributed by atoms with E-state index in [1.54, 1.807) is 0 Å². The first-order valence-corrected chi connectivity index (χ1v) is 11.9. The van der Waals surface area contributed by atoms with E-state index >= 15 is 0 Å². The number of ketones is 2. The number of carbonyl (C=O) groups is 3. The number of rotatable bonds is 7. The molecule has 0 radical (unpaired) electrons. The number of aryl methyl sites for hydroxylation is 1. The summed E-state index contributed by atoms with van der Waals surface area (Å²) in [7, 11) is 0. The standard InChI is InChI=1S/C27H30N2O6/c1-27(2)14-19(28-11-10-24(33)34)25(22(32)15-27)20(30)9-8-18-26-21(31)12-17(13-23(26)35-29-18)16-6-4-3-5-7-16/h3-7,17,30H,8-15H2,1-2H3,(H,33,34)/b25-20-,28-19?. The Hall–Kier alpha value is -3.55. The van der Waals surface area contributed by atoms with E-state index in [1.807, 2.05) is 44.2 Å². The maximum Gasteiger partial charge on any atom is 0.305 e. The lowest BCUT2D eigenvalue weighted by Crippen LogP contribution is -2.33. The first-order chi connectivity index (χ1) is 16.6. The Morgan fingerprint density at radius 3 is 2.54 bits per heavy atom. The molecule has 2 aromatic rings. The van der Waals surface area contributed by atoms with Crippen molar-refractivity contribution >= 4 is 23.2 Å². The molecule has 2 aliphatic rings. The van der Waals surface area contributed by atoms with Gasteiger partial charge in [-0.25, -0.2) is 0 Å². The summed E-state index contributed by atoms with van der Waals surface area (Å²) < 4.78 is 5.52. The molecule has 2 aliphatic carbocycles. The number of allylic oxidation sites excluding steroid dienone is 2. The fourth-order valence-corrected chi connectivity index (χ4v) is 4.97. The number of hydrogen-bond donors (Lipinski definition) is 2. The first kappa shape index (κ1) is 24.6. The molecule has 0 saturated heterocycles. The topological polar surface area (TPSA) is 130 Å². The van der Waals surface area contributed by atoms with E-state index in [2.05, 4.69) is 10.1 Å². The zero-order valence-electron chi connectivity index (χ0n) is 20.0. The molecule has 2 N–H and O–H groups in total. The van der Waals surface area contributed by atoms with Gasteiger partial charge in [0.1, 0.15) is 11.5 Å². The number of carboxylic acids is 1. The van der Waals surface area contributed by atoms with Gasteiger partial charge in [-0.15, -0.1) is 0 Å². The molecule has 0 amide bonds. The van der Waals surface area contributed by atoms with Crippen LogP contribution < -0.4 is 0 Å². The summed E-state index contributed by atoms with van der Waals surface area (Å²) in [5.74, 6) is -0.724. The molecule has 0 aliphatic heterocycles. The van der Waals surface area contributed by atoms with Crippen molar-refractivity contribution in [1.29, 1.82) is 0 Å². The molecule has 4 rings (SSSR count). The van der Waals surface area contributed by atoms with Gasteiger partial charge < -0.3 is 14.7 Å². The molecule has 1 aromatic carbocycles. The predicted octanol–water partition coefficient (Wildman–Crippen LogP) is 4.64. The van der Waals surface area contributed by atoms with E-state index in [0.717, 1.165) is 5.56 Å². The largest absolute Gasteiger partial charge is 0.511 e. The van der Waals surface area contributed by atoms with Gasteiger partial charge in [-0.05, 0) is 23.3 Å². The third-order valence-electron chi connectivity index (χ3n) is 6.61. The van der Waals surface area contributed by atoms with E-state index in [9.17, 15) is 19.5 Å². The van der Waals surface area contributed by atoms with Crippen molar-refractivity contribution in [2.75, 3.05) is 6.54 Å². The van der Waals surface area contributed by atoms with Crippen LogP contribution in [0.5, 0.6) is 0 Å². The van der Waals surface area contributed by atoms with Gasteiger partial charge in [0.15, 0.2) is 11.6 Å². The van der Waals surface area contributed by atoms with E-state index in [4.69, 9.17) is 9.63 Å². The molecule has 1 aromatic heterocycles. The molecule has 0 bridgehead atoms. The number of fused-ring (bicyclic) bond motifs is 1. The van der Waals surface area contributed by atoms with Crippen LogP contribution in [0.15, 0.2) is 51.2 Å². The Morgan fingerprint density at radius 1 is 1.09 bits per heavy atom. The van der Waals surface area contributed by atoms with Crippen LogP contribution in [0, 0.1) is 5.41 Å². The van der Waals surface area contributed by atoms with Gasteiger partial charge in [0.2, 0.25) is 0 Å². The summed E-state index contributed by atoms with van der Waals surface area (Å²) in [5.41, 5.74) is 2.34. The highest BCUT2D eigenvalue weighted by Crippen LogP contribution is 2.37. The first-order valence-electron chi connectivity index (χ1n) is 11.9. The fourth-order valence-electron chi connectivity index (χ4n) is 4.97. The van der Waals surface area contributed by atoms with Gasteiger partial charge in [0, 0.05) is 44.4 Å². The summed E-state index contributed by atoms with van der Waals surface area (Å²) >= 11 is 0. The smallest absolute Gasteiger partial charge is 0.305 e. The Balaban J connectivity index is 1.52. The third kappa shape index (κ3) is 5.58. The normalized spacial score (nSPS) is 22.2. The molecular formula is C27H30N2O6. The average molecular weight is 479 g/mol. The molecule has 1 atom stereocenters. The maximum absolute atomic E-state index is 13.0. The van der Waals surface area contributed by atoms with Gasteiger partial charge >= 0.3 is 5.97 Å². The second-order valence-corrected chi connectivity index (χ2v) is 10.1. The lowest BCUT2D eigenvalue weighted by Gasteiger charge is -2.31. The molecule has 1 fully saturated rings. The van der Waals surface area contributed by atoms with E-state index in [0.29, 0.717) is 42.0 Å². The number of Topliss-reactive ketones (excluding diaryl/α,β-unsaturated/α-hetero) is 2. The highest BCUT2D eigenvalue weighted by Gasteiger charge is 2.37. The third-order valence-corrected chi connectivity index (χ3v) is 6.61. The van der Waals surface area contributed by atoms with Gasteiger partial charge in [-0.2, -0.15) is 0 Å². The minimum absolute atomic E-state index is 0.0325. The van der Waals surface area contributed by atoms with Crippen molar-refractivity contribution in [2.45, 2.75) is 64.7 Å². The number of benzene rings is 1. The van der Waals surface area contributed by atoms with Crippen LogP contribution in [0.3, 0.4) is 0 Å². The number of aliphatic imine (C=N–C) groups is 1. The molecular weight excluding hydrogens is 448 g/mol. The predicted molar refractivity (Wildman–Crippen MR) is 129 cm³/mol. The lowest BCUT2D eigenvalue weighted by atomic mass is 9.73. The van der Waals surface area contributed by atoms with Crippen molar-refractivity contribution < 1.29 is 29.1 Å². The van der Waals surface area contributed by atoms with Crippen molar-refractivity contribution in [2.24, 2.45) is 10.4 Å². The molecule has 1 unspecified atom stereocenters. The van der Waals surface area contributed by atoms with Crippen LogP contribution in [-0.4, -0.2) is 45.2 Å². The highest BCUT2D eigenvalue weighted by atomic mass is 16.5. The number of hydrogen-bond acceptors (Lipinski definition) is 7. The summed E-state index contributed by atoms with van der Waals surface area (Å²) in [4.78, 5) is 41.1. The Bertz CT molecular complexity index is 1210. The fraction of sp³-hybridized carbons (Fsp3) is 0.444. The molecule has 0 spiro atoms. The van der Waals surface area contributed by atoms with E-state index in [1.165, 1.54) is 0 Å². The number of aliphatic carboxylic acids is 1.